The van der Waals surface area contributed by atoms with Crippen LogP contribution in [0.15, 0.2) is 16.1 Å². The van der Waals surface area contributed by atoms with Crippen LogP contribution in [0.3, 0.4) is 0 Å². The summed E-state index contributed by atoms with van der Waals surface area (Å²) in [5.41, 5.74) is 0.298. The van der Waals surface area contributed by atoms with Gasteiger partial charge in [0.25, 0.3) is 0 Å². The van der Waals surface area contributed by atoms with Crippen LogP contribution in [0.4, 0.5) is 0 Å². The zero-order chi connectivity index (χ0) is 27.3. The van der Waals surface area contributed by atoms with E-state index in [0.29, 0.717) is 17.1 Å². The topological polar surface area (TPSA) is 131 Å². The second-order valence-corrected chi connectivity index (χ2v) is 11.7. The Hall–Kier alpha value is -2.14. The van der Waals surface area contributed by atoms with Gasteiger partial charge >= 0.3 is 5.97 Å². The van der Waals surface area contributed by atoms with Crippen molar-refractivity contribution in [2.75, 3.05) is 7.11 Å². The number of ether oxygens (including phenoxy) is 2. The molecule has 2 N–H and O–H groups in total. The summed E-state index contributed by atoms with van der Waals surface area (Å²) in [6.07, 6.45) is 3.44. The maximum atomic E-state index is 13.2. The molecular weight excluding hydrogens is 496 g/mol. The number of thiazole rings is 1. The van der Waals surface area contributed by atoms with E-state index in [4.69, 9.17) is 14.3 Å². The third-order valence-electron chi connectivity index (χ3n) is 7.58. The van der Waals surface area contributed by atoms with Crippen molar-refractivity contribution in [3.63, 3.8) is 0 Å². The number of epoxide rings is 1. The number of esters is 1. The van der Waals surface area contributed by atoms with Crippen LogP contribution in [-0.2, 0) is 23.9 Å². The highest BCUT2D eigenvalue weighted by Crippen LogP contribution is 2.36. The number of hydrogen-bond donors (Lipinski definition) is 2. The van der Waals surface area contributed by atoms with Gasteiger partial charge in [-0.05, 0) is 37.3 Å². The number of oxime groups is 1. The highest BCUT2D eigenvalue weighted by Gasteiger charge is 2.44. The van der Waals surface area contributed by atoms with Gasteiger partial charge in [0.2, 0.25) is 0 Å². The third-order valence-corrected chi connectivity index (χ3v) is 8.38. The van der Waals surface area contributed by atoms with Crippen molar-refractivity contribution in [3.8, 4) is 0 Å². The van der Waals surface area contributed by atoms with Crippen LogP contribution in [0.5, 0.6) is 0 Å². The highest BCUT2D eigenvalue weighted by molar-refractivity contribution is 7.11. The lowest BCUT2D eigenvalue weighted by Crippen LogP contribution is -2.45. The van der Waals surface area contributed by atoms with E-state index in [-0.39, 0.29) is 30.3 Å². The number of rotatable bonds is 4. The van der Waals surface area contributed by atoms with Gasteiger partial charge in [-0.15, -0.1) is 11.3 Å². The molecule has 7 atom stereocenters. The largest absolute Gasteiger partial charge is 0.458 e. The molecule has 2 aliphatic rings. The monoisotopic (exact) mass is 536 g/mol. The van der Waals surface area contributed by atoms with Gasteiger partial charge in [-0.2, -0.15) is 0 Å². The van der Waals surface area contributed by atoms with Crippen molar-refractivity contribution in [3.05, 3.63) is 21.7 Å². The Kier molecular flexibility index (Phi) is 10.0. The minimum Gasteiger partial charge on any atom is -0.458 e. The van der Waals surface area contributed by atoms with Crippen molar-refractivity contribution in [2.45, 2.75) is 97.2 Å². The molecule has 0 aliphatic carbocycles. The minimum atomic E-state index is -1.25. The quantitative estimate of drug-likeness (QED) is 0.257. The summed E-state index contributed by atoms with van der Waals surface area (Å²) in [7, 11) is 1.46. The number of aliphatic hydroxyl groups excluding tert-OH is 2. The number of carbonyl (C=O) groups is 2. The lowest BCUT2D eigenvalue weighted by molar-refractivity contribution is -0.154. The number of cyclic esters (lactones) is 1. The van der Waals surface area contributed by atoms with Crippen molar-refractivity contribution >= 4 is 35.4 Å². The summed E-state index contributed by atoms with van der Waals surface area (Å²) < 4.78 is 11.7. The third kappa shape index (κ3) is 7.69. The average Bonchev–Trinajstić information content (AvgIpc) is 3.43. The number of fused-ring (bicyclic) bond motifs is 1. The molecule has 206 valence electrons. The molecule has 2 saturated heterocycles. The smallest absolute Gasteiger partial charge is 0.309 e. The van der Waals surface area contributed by atoms with E-state index in [9.17, 15) is 19.8 Å². The van der Waals surface area contributed by atoms with E-state index in [0.717, 1.165) is 24.8 Å². The van der Waals surface area contributed by atoms with E-state index >= 15 is 0 Å². The van der Waals surface area contributed by atoms with E-state index in [1.807, 2.05) is 25.3 Å². The molecule has 3 rings (SSSR count). The molecule has 2 aliphatic heterocycles. The van der Waals surface area contributed by atoms with Gasteiger partial charge in [0.1, 0.15) is 30.2 Å². The lowest BCUT2D eigenvalue weighted by Gasteiger charge is -2.34. The highest BCUT2D eigenvalue weighted by atomic mass is 32.1. The summed E-state index contributed by atoms with van der Waals surface area (Å²) in [6.45, 7) is 8.74. The van der Waals surface area contributed by atoms with Crippen LogP contribution in [0, 0.1) is 17.3 Å². The fourth-order valence-corrected chi connectivity index (χ4v) is 5.48. The van der Waals surface area contributed by atoms with Crippen LogP contribution >= 0.6 is 11.3 Å². The molecule has 9 nitrogen and oxygen atoms in total. The van der Waals surface area contributed by atoms with E-state index < -0.39 is 35.6 Å². The van der Waals surface area contributed by atoms with Crippen molar-refractivity contribution in [1.82, 2.24) is 4.98 Å². The number of aromatic nitrogens is 1. The summed E-state index contributed by atoms with van der Waals surface area (Å²) in [5, 5.41) is 28.0. The van der Waals surface area contributed by atoms with Gasteiger partial charge in [0, 0.05) is 17.7 Å². The standard InChI is InChI=1S/C27H40N2O7S/c1-15-8-7-9-19-21(35-19)11-20(16(2)10-18-14-37-23(29-18)13-28-34-6)36-24(31)12-22(30)27(4,5)26(33)17(3)25(15)32/h10,13-15,17,19-22,25,30,32H,7-9,11-12H2,1-6H3/b16-10+,28-13+/t15-,17+,19+,20-,21-,22-,25-/m0/s1. The Bertz CT molecular complexity index is 1000. The molecule has 10 heteroatoms. The normalized spacial score (nSPS) is 34.2. The molecule has 0 spiro atoms. The van der Waals surface area contributed by atoms with Gasteiger partial charge in [-0.25, -0.2) is 4.98 Å². The first-order valence-electron chi connectivity index (χ1n) is 12.9. The zero-order valence-corrected chi connectivity index (χ0v) is 23.4. The maximum Gasteiger partial charge on any atom is 0.309 e. The van der Waals surface area contributed by atoms with E-state index in [1.165, 1.54) is 24.7 Å². The van der Waals surface area contributed by atoms with Crippen molar-refractivity contribution < 1.29 is 34.1 Å². The fraction of sp³-hybridized carbons (Fsp3) is 0.704. The SMILES string of the molecule is CO/N=C/c1nc(/C=C(\C)[C@@H]2C[C@@H]3O[C@@H]3CCC[C@H](C)[C@H](O)[C@@H](C)C(=O)C(C)(C)[C@@H](O)CC(=O)O2)cs1. The summed E-state index contributed by atoms with van der Waals surface area (Å²) in [6, 6.07) is 0. The summed E-state index contributed by atoms with van der Waals surface area (Å²) in [4.78, 5) is 35.3. The predicted octanol–water partition coefficient (Wildman–Crippen LogP) is 3.76. The number of nitrogens with zero attached hydrogens (tertiary/aromatic N) is 2. The molecule has 37 heavy (non-hydrogen) atoms. The molecule has 1 aromatic rings. The number of Topliss-reactive ketones (excluding diaryl/α,β-unsaturated/α-hetero) is 1. The number of aliphatic hydroxyl groups is 2. The van der Waals surface area contributed by atoms with Crippen molar-refractivity contribution in [1.29, 1.82) is 0 Å². The van der Waals surface area contributed by atoms with Crippen LogP contribution in [0.1, 0.15) is 77.4 Å². The molecule has 1 aromatic heterocycles. The summed E-state index contributed by atoms with van der Waals surface area (Å²) >= 11 is 1.41. The minimum absolute atomic E-state index is 0.0315. The molecule has 0 saturated carbocycles. The molecule has 0 radical (unpaired) electrons. The Balaban J connectivity index is 1.81. The van der Waals surface area contributed by atoms with E-state index in [1.54, 1.807) is 20.8 Å². The Morgan fingerprint density at radius 3 is 2.68 bits per heavy atom. The van der Waals surface area contributed by atoms with Crippen LogP contribution in [0.25, 0.3) is 6.08 Å². The first-order valence-corrected chi connectivity index (χ1v) is 13.8. The number of ketones is 1. The maximum absolute atomic E-state index is 13.2. The molecule has 2 fully saturated rings. The predicted molar refractivity (Wildman–Crippen MR) is 141 cm³/mol. The summed E-state index contributed by atoms with van der Waals surface area (Å²) in [5.74, 6) is -1.60. The fourth-order valence-electron chi connectivity index (χ4n) is 4.86. The van der Waals surface area contributed by atoms with Gasteiger partial charge in [0.15, 0.2) is 0 Å². The lowest BCUT2D eigenvalue weighted by atomic mass is 9.73. The van der Waals surface area contributed by atoms with Crippen LogP contribution in [-0.4, -0.2) is 70.8 Å². The molecule has 3 heterocycles. The first kappa shape index (κ1) is 29.4. The van der Waals surface area contributed by atoms with Crippen molar-refractivity contribution in [2.24, 2.45) is 22.4 Å². The van der Waals surface area contributed by atoms with Crippen LogP contribution in [0.2, 0.25) is 0 Å². The van der Waals surface area contributed by atoms with E-state index in [2.05, 4.69) is 10.1 Å². The first-order chi connectivity index (χ1) is 17.4. The Morgan fingerprint density at radius 1 is 1.24 bits per heavy atom. The average molecular weight is 537 g/mol. The molecule has 0 unspecified atom stereocenters. The van der Waals surface area contributed by atoms with Gasteiger partial charge in [0.05, 0.1) is 41.9 Å². The van der Waals surface area contributed by atoms with Gasteiger partial charge in [-0.3, -0.25) is 9.59 Å². The zero-order valence-electron chi connectivity index (χ0n) is 22.5. The Labute approximate surface area is 222 Å². The second kappa shape index (κ2) is 12.6. The van der Waals surface area contributed by atoms with Gasteiger partial charge < -0.3 is 24.5 Å². The molecule has 0 amide bonds. The second-order valence-electron chi connectivity index (χ2n) is 10.8. The number of carbonyl (C=O) groups excluding carboxylic acids is 2. The van der Waals surface area contributed by atoms with Gasteiger partial charge in [-0.1, -0.05) is 39.3 Å². The molecular formula is C27H40N2O7S. The van der Waals surface area contributed by atoms with Crippen LogP contribution < -0.4 is 0 Å². The number of hydrogen-bond acceptors (Lipinski definition) is 10. The molecule has 0 bridgehead atoms. The Morgan fingerprint density at radius 2 is 1.97 bits per heavy atom. The molecule has 0 aromatic carbocycles.